The number of benzene rings is 4. The van der Waals surface area contributed by atoms with E-state index < -0.39 is 11.8 Å². The van der Waals surface area contributed by atoms with E-state index in [-0.39, 0.29) is 24.1 Å². The van der Waals surface area contributed by atoms with E-state index in [9.17, 15) is 19.2 Å². The molecule has 204 valence electrons. The second kappa shape index (κ2) is 12.8. The summed E-state index contributed by atoms with van der Waals surface area (Å²) in [4.78, 5) is 53.5. The van der Waals surface area contributed by atoms with E-state index in [1.165, 1.54) is 16.7 Å². The lowest BCUT2D eigenvalue weighted by Gasteiger charge is -2.14. The number of halogens is 1. The monoisotopic (exact) mass is 625 g/mol. The van der Waals surface area contributed by atoms with Crippen LogP contribution in [0.3, 0.4) is 0 Å². The molecule has 0 aromatic heterocycles. The van der Waals surface area contributed by atoms with Gasteiger partial charge in [0.15, 0.2) is 0 Å². The van der Waals surface area contributed by atoms with Crippen LogP contribution in [0.5, 0.6) is 0 Å². The molecule has 1 aliphatic rings. The number of anilines is 1. The lowest BCUT2D eigenvalue weighted by molar-refractivity contribution is -0.113. The third-order valence-corrected chi connectivity index (χ3v) is 7.77. The zero-order valence-electron chi connectivity index (χ0n) is 21.7. The summed E-state index contributed by atoms with van der Waals surface area (Å²) in [6.07, 6.45) is 1.61. The number of hydrogen-bond donors (Lipinski definition) is 2. The highest BCUT2D eigenvalue weighted by Crippen LogP contribution is 2.26. The highest BCUT2D eigenvalue weighted by Gasteiger charge is 2.34. The highest BCUT2D eigenvalue weighted by molar-refractivity contribution is 9.10. The fourth-order valence-corrected chi connectivity index (χ4v) is 5.39. The molecule has 0 unspecified atom stereocenters. The van der Waals surface area contributed by atoms with Crippen LogP contribution in [0.15, 0.2) is 118 Å². The third kappa shape index (κ3) is 6.82. The molecule has 0 spiro atoms. The van der Waals surface area contributed by atoms with Crippen molar-refractivity contribution in [3.8, 4) is 0 Å². The van der Waals surface area contributed by atoms with Gasteiger partial charge < -0.3 is 10.6 Å². The SMILES string of the molecule is O=C(Nc1cccc(SCCN2C(=O)c3ccccc3C2=O)c1)/C(=C/c1ccc(Br)cc1)NC(=O)c1ccccc1. The van der Waals surface area contributed by atoms with Crippen LogP contribution in [0.1, 0.15) is 36.6 Å². The number of carbonyl (C=O) groups is 4. The maximum Gasteiger partial charge on any atom is 0.272 e. The van der Waals surface area contributed by atoms with Crippen LogP contribution >= 0.6 is 27.7 Å². The standard InChI is InChI=1S/C32H24BrN3O4S/c33-23-15-13-21(14-16-23)19-28(35-29(37)22-7-2-1-3-8-22)30(38)34-24-9-6-10-25(20-24)41-18-17-36-31(39)26-11-4-5-12-27(26)32(36)40/h1-16,19-20H,17-18H2,(H,34,38)(H,35,37)/b28-19-. The molecular weight excluding hydrogens is 602 g/mol. The number of carbonyl (C=O) groups excluding carboxylic acids is 4. The van der Waals surface area contributed by atoms with Crippen molar-refractivity contribution >= 4 is 63.1 Å². The largest absolute Gasteiger partial charge is 0.321 e. The smallest absolute Gasteiger partial charge is 0.272 e. The quantitative estimate of drug-likeness (QED) is 0.130. The predicted octanol–water partition coefficient (Wildman–Crippen LogP) is 6.25. The Kier molecular flexibility index (Phi) is 8.76. The van der Waals surface area contributed by atoms with Crippen molar-refractivity contribution in [3.63, 3.8) is 0 Å². The molecule has 9 heteroatoms. The van der Waals surface area contributed by atoms with Crippen molar-refractivity contribution in [2.75, 3.05) is 17.6 Å². The van der Waals surface area contributed by atoms with Gasteiger partial charge in [0.05, 0.1) is 11.1 Å². The number of amides is 4. The summed E-state index contributed by atoms with van der Waals surface area (Å²) in [6, 6.07) is 30.1. The zero-order valence-corrected chi connectivity index (χ0v) is 24.1. The van der Waals surface area contributed by atoms with Crippen molar-refractivity contribution in [1.82, 2.24) is 10.2 Å². The Morgan fingerprint density at radius 2 is 1.46 bits per heavy atom. The Labute approximate surface area is 249 Å². The number of rotatable bonds is 9. The van der Waals surface area contributed by atoms with Gasteiger partial charge in [0, 0.05) is 32.9 Å². The van der Waals surface area contributed by atoms with Gasteiger partial charge in [0.1, 0.15) is 5.70 Å². The fourth-order valence-electron chi connectivity index (χ4n) is 4.23. The highest BCUT2D eigenvalue weighted by atomic mass is 79.9. The molecule has 4 aromatic rings. The summed E-state index contributed by atoms with van der Waals surface area (Å²) < 4.78 is 0.895. The van der Waals surface area contributed by atoms with Gasteiger partial charge in [0.25, 0.3) is 23.6 Å². The van der Waals surface area contributed by atoms with Crippen molar-refractivity contribution in [2.45, 2.75) is 4.90 Å². The van der Waals surface area contributed by atoms with Gasteiger partial charge in [-0.15, -0.1) is 11.8 Å². The van der Waals surface area contributed by atoms with Crippen molar-refractivity contribution in [1.29, 1.82) is 0 Å². The molecule has 7 nitrogen and oxygen atoms in total. The summed E-state index contributed by atoms with van der Waals surface area (Å²) >= 11 is 4.87. The van der Waals surface area contributed by atoms with Crippen molar-refractivity contribution < 1.29 is 19.2 Å². The normalized spacial score (nSPS) is 12.7. The van der Waals surface area contributed by atoms with Gasteiger partial charge in [-0.25, -0.2) is 0 Å². The molecule has 5 rings (SSSR count). The first-order valence-corrected chi connectivity index (χ1v) is 14.5. The van der Waals surface area contributed by atoms with Crippen LogP contribution in [0, 0.1) is 0 Å². The lowest BCUT2D eigenvalue weighted by atomic mass is 10.1. The first-order chi connectivity index (χ1) is 19.9. The summed E-state index contributed by atoms with van der Waals surface area (Å²) in [5.41, 5.74) is 2.65. The minimum Gasteiger partial charge on any atom is -0.321 e. The van der Waals surface area contributed by atoms with E-state index >= 15 is 0 Å². The van der Waals surface area contributed by atoms with Gasteiger partial charge in [-0.2, -0.15) is 0 Å². The first kappa shape index (κ1) is 28.1. The van der Waals surface area contributed by atoms with Crippen molar-refractivity contribution in [2.24, 2.45) is 0 Å². The first-order valence-electron chi connectivity index (χ1n) is 12.7. The molecule has 0 aliphatic carbocycles. The molecule has 0 bridgehead atoms. The number of thioether (sulfide) groups is 1. The Morgan fingerprint density at radius 3 is 2.15 bits per heavy atom. The molecule has 4 amide bonds. The van der Waals surface area contributed by atoms with Crippen LogP contribution in [0.4, 0.5) is 5.69 Å². The Bertz CT molecular complexity index is 1620. The van der Waals surface area contributed by atoms with E-state index in [2.05, 4.69) is 26.6 Å². The zero-order chi connectivity index (χ0) is 28.8. The molecule has 1 heterocycles. The Hall–Kier alpha value is -4.47. The Morgan fingerprint density at radius 1 is 0.805 bits per heavy atom. The van der Waals surface area contributed by atoms with Crippen LogP contribution in [-0.2, 0) is 4.79 Å². The Balaban J connectivity index is 1.26. The molecular formula is C32H24BrN3O4S. The number of nitrogens with one attached hydrogen (secondary N) is 2. The molecule has 0 fully saturated rings. The summed E-state index contributed by atoms with van der Waals surface area (Å²) in [6.45, 7) is 0.263. The van der Waals surface area contributed by atoms with E-state index in [1.54, 1.807) is 72.8 Å². The van der Waals surface area contributed by atoms with E-state index in [4.69, 9.17) is 0 Å². The van der Waals surface area contributed by atoms with Gasteiger partial charge >= 0.3 is 0 Å². The average Bonchev–Trinajstić information content (AvgIpc) is 3.23. The molecule has 41 heavy (non-hydrogen) atoms. The van der Waals surface area contributed by atoms with Gasteiger partial charge in [-0.1, -0.05) is 64.5 Å². The van der Waals surface area contributed by atoms with E-state index in [0.29, 0.717) is 28.1 Å². The summed E-state index contributed by atoms with van der Waals surface area (Å²) in [5, 5.41) is 5.60. The maximum absolute atomic E-state index is 13.3. The average molecular weight is 627 g/mol. The molecule has 4 aromatic carbocycles. The second-order valence-electron chi connectivity index (χ2n) is 9.07. The number of imide groups is 1. The molecule has 0 saturated carbocycles. The number of hydrogen-bond acceptors (Lipinski definition) is 5. The van der Waals surface area contributed by atoms with Crippen LogP contribution < -0.4 is 10.6 Å². The molecule has 2 N–H and O–H groups in total. The molecule has 0 saturated heterocycles. The fraction of sp³-hybridized carbons (Fsp3) is 0.0625. The van der Waals surface area contributed by atoms with Gasteiger partial charge in [0.2, 0.25) is 0 Å². The summed E-state index contributed by atoms with van der Waals surface area (Å²) in [7, 11) is 0. The van der Waals surface area contributed by atoms with E-state index in [1.807, 2.05) is 36.4 Å². The lowest BCUT2D eigenvalue weighted by Crippen LogP contribution is -2.31. The molecule has 0 radical (unpaired) electrons. The third-order valence-electron chi connectivity index (χ3n) is 6.26. The van der Waals surface area contributed by atoms with Gasteiger partial charge in [-0.05, 0) is 66.2 Å². The number of fused-ring (bicyclic) bond motifs is 1. The minimum absolute atomic E-state index is 0.0878. The van der Waals surface area contributed by atoms with E-state index in [0.717, 1.165) is 14.9 Å². The van der Waals surface area contributed by atoms with Crippen LogP contribution in [-0.4, -0.2) is 40.8 Å². The van der Waals surface area contributed by atoms with Crippen molar-refractivity contribution in [3.05, 3.63) is 136 Å². The van der Waals surface area contributed by atoms with Crippen LogP contribution in [0.2, 0.25) is 0 Å². The predicted molar refractivity (Wildman–Crippen MR) is 164 cm³/mol. The number of nitrogens with zero attached hydrogens (tertiary/aromatic N) is 1. The van der Waals surface area contributed by atoms with Crippen LogP contribution in [0.25, 0.3) is 6.08 Å². The maximum atomic E-state index is 13.3. The molecule has 0 atom stereocenters. The minimum atomic E-state index is -0.481. The topological polar surface area (TPSA) is 95.6 Å². The second-order valence-corrected chi connectivity index (χ2v) is 11.2. The summed E-state index contributed by atoms with van der Waals surface area (Å²) in [5.74, 6) is -0.957. The van der Waals surface area contributed by atoms with Gasteiger partial charge in [-0.3, -0.25) is 24.1 Å². The molecule has 1 aliphatic heterocycles.